The molecule has 0 bridgehead atoms. The molecule has 2 N–H and O–H groups in total. The second-order valence-electron chi connectivity index (χ2n) is 11.7. The Morgan fingerprint density at radius 2 is 0.875 bits per heavy atom. The molecular formula is C33H61NO6. The third-order valence-corrected chi connectivity index (χ3v) is 8.03. The van der Waals surface area contributed by atoms with Gasteiger partial charge in [0.05, 0.1) is 39.0 Å². The van der Waals surface area contributed by atoms with Gasteiger partial charge in [0, 0.05) is 12.4 Å². The molecule has 234 valence electrons. The number of hydrogen-bond acceptors (Lipinski definition) is 4. The number of hydrogen-bond donors (Lipinski definition) is 2. The fourth-order valence-electron chi connectivity index (χ4n) is 5.42. The Morgan fingerprint density at radius 3 is 1.25 bits per heavy atom. The molecule has 0 atom stereocenters. The van der Waals surface area contributed by atoms with E-state index in [-0.39, 0.29) is 43.4 Å². The lowest BCUT2D eigenvalue weighted by Crippen LogP contribution is -2.53. The molecule has 0 rings (SSSR count). The highest BCUT2D eigenvalue weighted by Gasteiger charge is 2.28. The molecule has 7 nitrogen and oxygen atoms in total. The van der Waals surface area contributed by atoms with E-state index in [1.807, 2.05) is 0 Å². The van der Waals surface area contributed by atoms with E-state index in [1.54, 1.807) is 0 Å². The first-order chi connectivity index (χ1) is 19.3. The van der Waals surface area contributed by atoms with Crippen LogP contribution in [0.2, 0.25) is 0 Å². The zero-order chi connectivity index (χ0) is 29.7. The van der Waals surface area contributed by atoms with Crippen molar-refractivity contribution in [2.75, 3.05) is 26.2 Å². The van der Waals surface area contributed by atoms with Gasteiger partial charge in [-0.15, -0.1) is 0 Å². The van der Waals surface area contributed by atoms with E-state index in [2.05, 4.69) is 19.1 Å². The van der Waals surface area contributed by atoms with Crippen LogP contribution in [0.15, 0.2) is 12.2 Å². The number of allylic oxidation sites excluding steroid dienone is 2. The van der Waals surface area contributed by atoms with Gasteiger partial charge in [0.2, 0.25) is 0 Å². The molecule has 0 aromatic heterocycles. The summed E-state index contributed by atoms with van der Waals surface area (Å²) in [6.45, 7) is 3.61. The van der Waals surface area contributed by atoms with Crippen LogP contribution in [0.4, 0.5) is 0 Å². The average Bonchev–Trinajstić information content (AvgIpc) is 2.92. The van der Waals surface area contributed by atoms with Crippen molar-refractivity contribution in [3.63, 3.8) is 0 Å². The summed E-state index contributed by atoms with van der Waals surface area (Å²) in [7, 11) is 0. The number of carbonyl (C=O) groups excluding carboxylic acids is 1. The van der Waals surface area contributed by atoms with Crippen molar-refractivity contribution < 1.29 is 34.2 Å². The van der Waals surface area contributed by atoms with E-state index >= 15 is 0 Å². The number of carbonyl (C=O) groups is 3. The highest BCUT2D eigenvalue weighted by molar-refractivity contribution is 5.67. The third kappa shape index (κ3) is 26.3. The minimum atomic E-state index is -1.18. The Morgan fingerprint density at radius 1 is 0.525 bits per heavy atom. The minimum Gasteiger partial charge on any atom is -0.550 e. The first kappa shape index (κ1) is 38.1. The summed E-state index contributed by atoms with van der Waals surface area (Å²) in [5.74, 6) is -3.07. The molecule has 0 amide bonds. The number of carboxylic acids is 3. The summed E-state index contributed by atoms with van der Waals surface area (Å²) in [6.07, 6.45) is 29.6. The van der Waals surface area contributed by atoms with Crippen LogP contribution in [0.3, 0.4) is 0 Å². The molecule has 0 spiro atoms. The molecule has 0 aromatic carbocycles. The zero-order valence-corrected chi connectivity index (χ0v) is 25.7. The summed E-state index contributed by atoms with van der Waals surface area (Å²) in [6, 6.07) is 0. The lowest BCUT2D eigenvalue weighted by atomic mass is 10.0. The quantitative estimate of drug-likeness (QED) is 0.0517. The Kier molecular flexibility index (Phi) is 26.0. The summed E-state index contributed by atoms with van der Waals surface area (Å²) in [5.41, 5.74) is 0. The highest BCUT2D eigenvalue weighted by atomic mass is 16.4. The summed E-state index contributed by atoms with van der Waals surface area (Å²) in [5, 5.41) is 29.3. The molecule has 40 heavy (non-hydrogen) atoms. The second kappa shape index (κ2) is 27.3. The molecule has 0 aliphatic rings. The van der Waals surface area contributed by atoms with Gasteiger partial charge in [-0.05, 0) is 38.5 Å². The first-order valence-corrected chi connectivity index (χ1v) is 16.4. The van der Waals surface area contributed by atoms with E-state index in [1.165, 1.54) is 109 Å². The van der Waals surface area contributed by atoms with Crippen LogP contribution in [0.1, 0.15) is 155 Å². The van der Waals surface area contributed by atoms with E-state index in [0.717, 1.165) is 19.3 Å². The first-order valence-electron chi connectivity index (χ1n) is 16.4. The normalized spacial score (nSPS) is 11.8. The van der Waals surface area contributed by atoms with Crippen LogP contribution in [0, 0.1) is 0 Å². The number of quaternary nitrogens is 1. The molecule has 0 aliphatic heterocycles. The van der Waals surface area contributed by atoms with Gasteiger partial charge in [-0.3, -0.25) is 9.59 Å². The van der Waals surface area contributed by atoms with Crippen LogP contribution in [0.5, 0.6) is 0 Å². The third-order valence-electron chi connectivity index (χ3n) is 8.03. The molecule has 0 heterocycles. The van der Waals surface area contributed by atoms with Gasteiger partial charge in [-0.1, -0.05) is 109 Å². The SMILES string of the molecule is CCCCCC/C=C/CCCCCCCCCCCCCCCC[N+](CCC(=O)[O-])(CCC(=O)O)CCC(=O)O. The standard InChI is InChI=1S/C33H61NO6/c1-2-3-4-5-6-7-8-9-10-11-12-13-14-15-16-17-18-19-20-21-22-23-27-34(28-24-31(35)36,29-25-32(37)38)30-26-33(39)40/h7-8H,2-6,9-30H2,1H3,(H2-,35,36,37,38,39,40)/b8-7+. The molecule has 7 heteroatoms. The van der Waals surface area contributed by atoms with Crippen LogP contribution in [0.25, 0.3) is 0 Å². The monoisotopic (exact) mass is 567 g/mol. The van der Waals surface area contributed by atoms with Crippen molar-refractivity contribution >= 4 is 17.9 Å². The van der Waals surface area contributed by atoms with Crippen LogP contribution in [-0.2, 0) is 14.4 Å². The maximum Gasteiger partial charge on any atom is 0.309 e. The number of rotatable bonds is 31. The maximum absolute atomic E-state index is 11.1. The maximum atomic E-state index is 11.1. The Bertz CT molecular complexity index is 618. The predicted molar refractivity (Wildman–Crippen MR) is 161 cm³/mol. The number of carboxylic acid groups (broad SMARTS) is 3. The fourth-order valence-corrected chi connectivity index (χ4v) is 5.42. The molecule has 0 radical (unpaired) electrons. The predicted octanol–water partition coefficient (Wildman–Crippen LogP) is 7.27. The highest BCUT2D eigenvalue weighted by Crippen LogP contribution is 2.17. The van der Waals surface area contributed by atoms with Crippen molar-refractivity contribution in [3.8, 4) is 0 Å². The lowest BCUT2D eigenvalue weighted by Gasteiger charge is -2.38. The molecule has 0 aromatic rings. The Hall–Kier alpha value is -1.89. The Labute approximate surface area is 245 Å². The molecule has 0 saturated heterocycles. The van der Waals surface area contributed by atoms with E-state index in [9.17, 15) is 19.5 Å². The van der Waals surface area contributed by atoms with Gasteiger partial charge >= 0.3 is 11.9 Å². The smallest absolute Gasteiger partial charge is 0.309 e. The van der Waals surface area contributed by atoms with E-state index < -0.39 is 17.9 Å². The average molecular weight is 568 g/mol. The van der Waals surface area contributed by atoms with Crippen LogP contribution < -0.4 is 5.11 Å². The van der Waals surface area contributed by atoms with Gasteiger partial charge in [0.25, 0.3) is 0 Å². The van der Waals surface area contributed by atoms with Gasteiger partial charge in [0.1, 0.15) is 0 Å². The van der Waals surface area contributed by atoms with Crippen molar-refractivity contribution in [2.24, 2.45) is 0 Å². The van der Waals surface area contributed by atoms with Crippen molar-refractivity contribution in [2.45, 2.75) is 155 Å². The van der Waals surface area contributed by atoms with Gasteiger partial charge in [0.15, 0.2) is 0 Å². The summed E-state index contributed by atoms with van der Waals surface area (Å²) in [4.78, 5) is 33.3. The summed E-state index contributed by atoms with van der Waals surface area (Å²) >= 11 is 0. The molecular weight excluding hydrogens is 506 g/mol. The van der Waals surface area contributed by atoms with Crippen LogP contribution in [-0.4, -0.2) is 58.8 Å². The number of aliphatic carboxylic acids is 3. The van der Waals surface area contributed by atoms with Crippen molar-refractivity contribution in [1.82, 2.24) is 0 Å². The number of nitrogens with zero attached hydrogens (tertiary/aromatic N) is 1. The zero-order valence-electron chi connectivity index (χ0n) is 25.7. The minimum absolute atomic E-state index is 0.0937. The summed E-state index contributed by atoms with van der Waals surface area (Å²) < 4.78 is 0.225. The number of unbranched alkanes of at least 4 members (excludes halogenated alkanes) is 18. The van der Waals surface area contributed by atoms with E-state index in [4.69, 9.17) is 10.2 Å². The molecule has 0 aliphatic carbocycles. The fraction of sp³-hybridized carbons (Fsp3) is 0.848. The van der Waals surface area contributed by atoms with Crippen molar-refractivity contribution in [3.05, 3.63) is 12.2 Å². The topological polar surface area (TPSA) is 115 Å². The van der Waals surface area contributed by atoms with Crippen molar-refractivity contribution in [1.29, 1.82) is 0 Å². The largest absolute Gasteiger partial charge is 0.550 e. The molecule has 0 fully saturated rings. The van der Waals surface area contributed by atoms with Gasteiger partial charge < -0.3 is 24.6 Å². The van der Waals surface area contributed by atoms with Gasteiger partial charge in [-0.2, -0.15) is 0 Å². The molecule has 0 saturated carbocycles. The van der Waals surface area contributed by atoms with Crippen LogP contribution >= 0.6 is 0 Å². The second-order valence-corrected chi connectivity index (χ2v) is 11.7. The Balaban J connectivity index is 3.82. The van der Waals surface area contributed by atoms with Gasteiger partial charge in [-0.25, -0.2) is 0 Å². The lowest BCUT2D eigenvalue weighted by molar-refractivity contribution is -0.927. The van der Waals surface area contributed by atoms with E-state index in [0.29, 0.717) is 6.54 Å². The molecule has 0 unspecified atom stereocenters.